The van der Waals surface area contributed by atoms with Crippen molar-refractivity contribution in [2.45, 2.75) is 26.8 Å². The fourth-order valence-electron chi connectivity index (χ4n) is 2.02. The Bertz CT molecular complexity index is 812. The first kappa shape index (κ1) is 18.9. The lowest BCUT2D eigenvalue weighted by atomic mass is 10.2. The summed E-state index contributed by atoms with van der Waals surface area (Å²) in [5.41, 5.74) is 3.88. The molecule has 2 rings (SSSR count). The Kier molecular flexibility index (Phi) is 6.67. The molecule has 0 aliphatic heterocycles. The maximum absolute atomic E-state index is 11.9. The number of amides is 3. The number of benzene rings is 1. The minimum Gasteiger partial charge on any atom is -0.467 e. The number of furan rings is 1. The molecular formula is C18H20N4O4. The lowest BCUT2D eigenvalue weighted by molar-refractivity contribution is -0.136. The molecule has 0 bridgehead atoms. The van der Waals surface area contributed by atoms with Crippen LogP contribution in [-0.2, 0) is 20.9 Å². The zero-order chi connectivity index (χ0) is 18.9. The first-order valence-electron chi connectivity index (χ1n) is 7.95. The Labute approximate surface area is 150 Å². The molecule has 136 valence electrons. The highest BCUT2D eigenvalue weighted by Crippen LogP contribution is 2.12. The summed E-state index contributed by atoms with van der Waals surface area (Å²) in [4.78, 5) is 35.4. The molecular weight excluding hydrogens is 336 g/mol. The molecule has 0 aliphatic rings. The molecule has 0 fully saturated rings. The molecule has 0 aliphatic carbocycles. The molecule has 0 unspecified atom stereocenters. The molecule has 8 heteroatoms. The average molecular weight is 356 g/mol. The SMILES string of the molecule is CC(CC(=O)NCc1ccco1)=NNC(=O)C(=O)Nc1ccccc1C. The highest BCUT2D eigenvalue weighted by molar-refractivity contribution is 6.39. The molecule has 1 aromatic carbocycles. The van der Waals surface area contributed by atoms with Gasteiger partial charge in [-0.05, 0) is 37.6 Å². The van der Waals surface area contributed by atoms with Gasteiger partial charge in [-0.1, -0.05) is 18.2 Å². The number of aryl methyl sites for hydroxylation is 1. The van der Waals surface area contributed by atoms with E-state index in [1.165, 1.54) is 6.26 Å². The van der Waals surface area contributed by atoms with Crippen LogP contribution in [0.25, 0.3) is 0 Å². The summed E-state index contributed by atoms with van der Waals surface area (Å²) in [7, 11) is 0. The second-order valence-electron chi connectivity index (χ2n) is 5.59. The van der Waals surface area contributed by atoms with Gasteiger partial charge in [-0.2, -0.15) is 5.10 Å². The van der Waals surface area contributed by atoms with Crippen LogP contribution >= 0.6 is 0 Å². The zero-order valence-electron chi connectivity index (χ0n) is 14.5. The van der Waals surface area contributed by atoms with Crippen LogP contribution in [0.5, 0.6) is 0 Å². The predicted molar refractivity (Wildman–Crippen MR) is 96.2 cm³/mol. The summed E-state index contributed by atoms with van der Waals surface area (Å²) in [5.74, 6) is -1.39. The van der Waals surface area contributed by atoms with Crippen molar-refractivity contribution >= 4 is 29.1 Å². The number of hydrazone groups is 1. The zero-order valence-corrected chi connectivity index (χ0v) is 14.5. The Morgan fingerprint density at radius 3 is 2.54 bits per heavy atom. The number of para-hydroxylation sites is 1. The topological polar surface area (TPSA) is 113 Å². The van der Waals surface area contributed by atoms with Gasteiger partial charge in [-0.25, -0.2) is 5.43 Å². The minimum atomic E-state index is -0.913. The van der Waals surface area contributed by atoms with Gasteiger partial charge < -0.3 is 15.1 Å². The minimum absolute atomic E-state index is 0.0135. The van der Waals surface area contributed by atoms with E-state index in [9.17, 15) is 14.4 Å². The van der Waals surface area contributed by atoms with Crippen LogP contribution in [0.1, 0.15) is 24.7 Å². The Hall–Kier alpha value is -3.42. The van der Waals surface area contributed by atoms with Gasteiger partial charge in [0.1, 0.15) is 5.76 Å². The molecule has 2 aromatic rings. The summed E-state index contributed by atoms with van der Waals surface area (Å²) in [6.07, 6.45) is 1.51. The lowest BCUT2D eigenvalue weighted by Crippen LogP contribution is -2.33. The summed E-state index contributed by atoms with van der Waals surface area (Å²) in [5, 5.41) is 8.93. The van der Waals surface area contributed by atoms with Gasteiger partial charge in [-0.3, -0.25) is 14.4 Å². The number of anilines is 1. The molecule has 3 N–H and O–H groups in total. The van der Waals surface area contributed by atoms with Crippen LogP contribution in [-0.4, -0.2) is 23.4 Å². The third-order valence-electron chi connectivity index (χ3n) is 3.40. The number of rotatable bonds is 6. The average Bonchev–Trinajstić information content (AvgIpc) is 3.13. The molecule has 0 spiro atoms. The third kappa shape index (κ3) is 5.90. The molecule has 0 atom stereocenters. The Morgan fingerprint density at radius 2 is 1.85 bits per heavy atom. The molecule has 1 aromatic heterocycles. The van der Waals surface area contributed by atoms with E-state index >= 15 is 0 Å². The van der Waals surface area contributed by atoms with Gasteiger partial charge in [0.05, 0.1) is 19.2 Å². The number of carbonyl (C=O) groups is 3. The summed E-state index contributed by atoms with van der Waals surface area (Å²) in [6.45, 7) is 3.66. The van der Waals surface area contributed by atoms with Gasteiger partial charge in [0.2, 0.25) is 5.91 Å². The molecule has 8 nitrogen and oxygen atoms in total. The van der Waals surface area contributed by atoms with Gasteiger partial charge in [0.25, 0.3) is 0 Å². The van der Waals surface area contributed by atoms with E-state index in [1.807, 2.05) is 19.1 Å². The molecule has 0 saturated heterocycles. The van der Waals surface area contributed by atoms with Crippen LogP contribution in [0.4, 0.5) is 5.69 Å². The smallest absolute Gasteiger partial charge is 0.329 e. The summed E-state index contributed by atoms with van der Waals surface area (Å²) in [6, 6.07) is 10.6. The Morgan fingerprint density at radius 1 is 1.08 bits per heavy atom. The molecule has 26 heavy (non-hydrogen) atoms. The van der Waals surface area contributed by atoms with Crippen molar-refractivity contribution in [1.29, 1.82) is 0 Å². The monoisotopic (exact) mass is 356 g/mol. The van der Waals surface area contributed by atoms with Crippen molar-refractivity contribution in [3.05, 3.63) is 54.0 Å². The number of nitrogens with zero attached hydrogens (tertiary/aromatic N) is 1. The molecule has 3 amide bonds. The van der Waals surface area contributed by atoms with E-state index in [2.05, 4.69) is 21.2 Å². The second kappa shape index (κ2) is 9.16. The number of hydrogen-bond acceptors (Lipinski definition) is 5. The van der Waals surface area contributed by atoms with Crippen LogP contribution in [0.2, 0.25) is 0 Å². The number of nitrogens with one attached hydrogen (secondary N) is 3. The fraction of sp³-hybridized carbons (Fsp3) is 0.222. The molecule has 0 saturated carbocycles. The van der Waals surface area contributed by atoms with Crippen molar-refractivity contribution in [2.24, 2.45) is 5.10 Å². The standard InChI is InChI=1S/C18H20N4O4/c1-12-6-3-4-8-15(12)20-17(24)18(25)22-21-13(2)10-16(23)19-11-14-7-5-9-26-14/h3-9H,10-11H2,1-2H3,(H,19,23)(H,20,24)(H,22,25). The van der Waals surface area contributed by atoms with Crippen LogP contribution < -0.4 is 16.1 Å². The highest BCUT2D eigenvalue weighted by Gasteiger charge is 2.14. The normalized spacial score (nSPS) is 10.9. The summed E-state index contributed by atoms with van der Waals surface area (Å²) < 4.78 is 5.10. The fourth-order valence-corrected chi connectivity index (χ4v) is 2.02. The summed E-state index contributed by atoms with van der Waals surface area (Å²) >= 11 is 0. The van der Waals surface area contributed by atoms with E-state index in [4.69, 9.17) is 4.42 Å². The molecule has 0 radical (unpaired) electrons. The lowest BCUT2D eigenvalue weighted by Gasteiger charge is -2.07. The van der Waals surface area contributed by atoms with Crippen LogP contribution in [0.3, 0.4) is 0 Å². The largest absolute Gasteiger partial charge is 0.467 e. The van der Waals surface area contributed by atoms with E-state index in [0.29, 0.717) is 17.2 Å². The first-order valence-corrected chi connectivity index (χ1v) is 7.95. The predicted octanol–water partition coefficient (Wildman–Crippen LogP) is 1.73. The molecule has 1 heterocycles. The van der Waals surface area contributed by atoms with E-state index in [1.54, 1.807) is 31.2 Å². The van der Waals surface area contributed by atoms with Gasteiger partial charge in [0, 0.05) is 11.4 Å². The quantitative estimate of drug-likeness (QED) is 0.415. The first-order chi connectivity index (χ1) is 12.5. The van der Waals surface area contributed by atoms with Crippen molar-refractivity contribution in [3.8, 4) is 0 Å². The van der Waals surface area contributed by atoms with Gasteiger partial charge in [-0.15, -0.1) is 0 Å². The van der Waals surface area contributed by atoms with Crippen molar-refractivity contribution in [1.82, 2.24) is 10.7 Å². The van der Waals surface area contributed by atoms with Crippen molar-refractivity contribution in [3.63, 3.8) is 0 Å². The second-order valence-corrected chi connectivity index (χ2v) is 5.59. The number of carbonyl (C=O) groups excluding carboxylic acids is 3. The van der Waals surface area contributed by atoms with Crippen molar-refractivity contribution < 1.29 is 18.8 Å². The van der Waals surface area contributed by atoms with E-state index in [-0.39, 0.29) is 18.9 Å². The number of hydrogen-bond donors (Lipinski definition) is 3. The van der Waals surface area contributed by atoms with Crippen molar-refractivity contribution in [2.75, 3.05) is 5.32 Å². The van der Waals surface area contributed by atoms with Crippen LogP contribution in [0.15, 0.2) is 52.2 Å². The van der Waals surface area contributed by atoms with Crippen LogP contribution in [0, 0.1) is 6.92 Å². The maximum atomic E-state index is 11.9. The maximum Gasteiger partial charge on any atom is 0.329 e. The highest BCUT2D eigenvalue weighted by atomic mass is 16.3. The van der Waals surface area contributed by atoms with Gasteiger partial charge in [0.15, 0.2) is 0 Å². The Balaban J connectivity index is 1.77. The van der Waals surface area contributed by atoms with E-state index < -0.39 is 11.8 Å². The van der Waals surface area contributed by atoms with E-state index in [0.717, 1.165) is 5.56 Å². The third-order valence-corrected chi connectivity index (χ3v) is 3.40. The van der Waals surface area contributed by atoms with Gasteiger partial charge >= 0.3 is 11.8 Å².